The molecule has 0 aliphatic carbocycles. The van der Waals surface area contributed by atoms with Crippen LogP contribution in [0.1, 0.15) is 26.3 Å². The average molecular weight is 468 g/mol. The van der Waals surface area contributed by atoms with Gasteiger partial charge in [0.25, 0.3) is 0 Å². The fourth-order valence-electron chi connectivity index (χ4n) is 3.28. The molecule has 0 atom stereocenters. The third-order valence-corrected chi connectivity index (χ3v) is 5.17. The van der Waals surface area contributed by atoms with Gasteiger partial charge in [0.2, 0.25) is 5.91 Å². The number of ether oxygens (including phenoxy) is 1. The van der Waals surface area contributed by atoms with E-state index in [0.717, 1.165) is 11.1 Å². The third kappa shape index (κ3) is 5.03. The number of alkyl halides is 3. The lowest BCUT2D eigenvalue weighted by molar-refractivity contribution is -0.274. The summed E-state index contributed by atoms with van der Waals surface area (Å²) in [5.41, 5.74) is 3.45. The van der Waals surface area contributed by atoms with Gasteiger partial charge in [0.15, 0.2) is 5.65 Å². The van der Waals surface area contributed by atoms with Gasteiger partial charge in [0, 0.05) is 22.2 Å². The topological polar surface area (TPSA) is 68.5 Å². The van der Waals surface area contributed by atoms with E-state index in [1.165, 1.54) is 22.7 Å². The number of benzene rings is 2. The van der Waals surface area contributed by atoms with Crippen LogP contribution >= 0.6 is 0 Å². The lowest BCUT2D eigenvalue weighted by Gasteiger charge is -2.19. The number of hydrogen-bond acceptors (Lipinski definition) is 4. The Hall–Kier alpha value is -3.88. The molecule has 0 aliphatic rings. The minimum atomic E-state index is -4.81. The number of hydrogen-bond donors (Lipinski definition) is 1. The predicted octanol–water partition coefficient (Wildman–Crippen LogP) is 6.25. The molecule has 1 N–H and O–H groups in total. The third-order valence-electron chi connectivity index (χ3n) is 5.17. The molecular formula is C25H23F3N4O2. The summed E-state index contributed by atoms with van der Waals surface area (Å²) in [6.45, 7) is 7.42. The van der Waals surface area contributed by atoms with Gasteiger partial charge in [-0.25, -0.2) is 9.50 Å². The van der Waals surface area contributed by atoms with Crippen molar-refractivity contribution in [1.29, 1.82) is 0 Å². The molecule has 6 nitrogen and oxygen atoms in total. The molecule has 0 saturated heterocycles. The van der Waals surface area contributed by atoms with Crippen LogP contribution in [0.4, 0.5) is 18.9 Å². The Morgan fingerprint density at radius 2 is 1.74 bits per heavy atom. The first-order chi connectivity index (χ1) is 15.9. The van der Waals surface area contributed by atoms with Crippen molar-refractivity contribution < 1.29 is 22.7 Å². The van der Waals surface area contributed by atoms with Crippen molar-refractivity contribution in [1.82, 2.24) is 14.6 Å². The number of anilines is 1. The molecule has 0 bridgehead atoms. The fraction of sp³-hybridized carbons (Fsp3) is 0.240. The number of nitrogens with one attached hydrogen (secondary N) is 1. The number of nitrogens with zero attached hydrogens (tertiary/aromatic N) is 3. The van der Waals surface area contributed by atoms with E-state index in [-0.39, 0.29) is 17.2 Å². The molecule has 2 heterocycles. The summed E-state index contributed by atoms with van der Waals surface area (Å²) in [5, 5.41) is 7.39. The van der Waals surface area contributed by atoms with Crippen molar-refractivity contribution in [2.75, 3.05) is 5.32 Å². The lowest BCUT2D eigenvalue weighted by atomic mass is 9.95. The Labute approximate surface area is 194 Å². The maximum atomic E-state index is 12.8. The van der Waals surface area contributed by atoms with E-state index in [4.69, 9.17) is 0 Å². The number of aromatic nitrogens is 3. The van der Waals surface area contributed by atoms with Gasteiger partial charge in [-0.1, -0.05) is 45.0 Å². The second kappa shape index (κ2) is 8.48. The Bertz CT molecular complexity index is 1370. The molecule has 0 saturated carbocycles. The Balaban J connectivity index is 1.69. The molecular weight excluding hydrogens is 445 g/mol. The number of halogens is 3. The molecule has 4 rings (SSSR count). The summed E-state index contributed by atoms with van der Waals surface area (Å²) >= 11 is 0. The Kier molecular flexibility index (Phi) is 5.80. The van der Waals surface area contributed by atoms with Crippen molar-refractivity contribution in [2.24, 2.45) is 5.41 Å². The number of amides is 1. The zero-order valence-electron chi connectivity index (χ0n) is 19.1. The van der Waals surface area contributed by atoms with Gasteiger partial charge in [-0.3, -0.25) is 4.79 Å². The molecule has 0 fully saturated rings. The van der Waals surface area contributed by atoms with E-state index in [9.17, 15) is 18.0 Å². The molecule has 1 amide bonds. The van der Waals surface area contributed by atoms with E-state index >= 15 is 0 Å². The van der Waals surface area contributed by atoms with Crippen LogP contribution in [0.5, 0.6) is 5.75 Å². The van der Waals surface area contributed by atoms with Crippen LogP contribution in [-0.4, -0.2) is 26.9 Å². The highest BCUT2D eigenvalue weighted by Crippen LogP contribution is 2.33. The smallest absolute Gasteiger partial charge is 0.405 e. The van der Waals surface area contributed by atoms with Crippen LogP contribution in [0.15, 0.2) is 60.8 Å². The molecule has 0 radical (unpaired) electrons. The van der Waals surface area contributed by atoms with Crippen LogP contribution in [0, 0.1) is 12.3 Å². The zero-order chi connectivity index (χ0) is 24.7. The van der Waals surface area contributed by atoms with Gasteiger partial charge in [-0.15, -0.1) is 13.2 Å². The average Bonchev–Trinajstić information content (AvgIpc) is 3.17. The number of fused-ring (bicyclic) bond motifs is 1. The normalized spacial score (nSPS) is 12.1. The molecule has 4 aromatic rings. The van der Waals surface area contributed by atoms with Crippen molar-refractivity contribution in [3.63, 3.8) is 0 Å². The van der Waals surface area contributed by atoms with Gasteiger partial charge >= 0.3 is 6.36 Å². The molecule has 2 aromatic carbocycles. The summed E-state index contributed by atoms with van der Waals surface area (Å²) in [7, 11) is 0. The predicted molar refractivity (Wildman–Crippen MR) is 123 cm³/mol. The standard InChI is InChI=1S/C25H23F3N4O2/c1-15-9-10-16(13-19(15)30-23(33)24(2,3)4)20-14-32-22(29-20)12-11-18(31-32)17-7-5-6-8-21(17)34-25(26,27)28/h5-14H,1-4H3,(H,30,33). The van der Waals surface area contributed by atoms with Gasteiger partial charge in [0.1, 0.15) is 5.75 Å². The zero-order valence-corrected chi connectivity index (χ0v) is 19.1. The van der Waals surface area contributed by atoms with Crippen LogP contribution < -0.4 is 10.1 Å². The van der Waals surface area contributed by atoms with Crippen LogP contribution in [0.3, 0.4) is 0 Å². The van der Waals surface area contributed by atoms with Gasteiger partial charge in [-0.2, -0.15) is 5.10 Å². The van der Waals surface area contributed by atoms with Gasteiger partial charge < -0.3 is 10.1 Å². The minimum Gasteiger partial charge on any atom is -0.405 e. The summed E-state index contributed by atoms with van der Waals surface area (Å²) in [6.07, 6.45) is -3.12. The highest BCUT2D eigenvalue weighted by molar-refractivity contribution is 5.95. The van der Waals surface area contributed by atoms with E-state index in [1.54, 1.807) is 24.4 Å². The molecule has 34 heavy (non-hydrogen) atoms. The van der Waals surface area contributed by atoms with Crippen molar-refractivity contribution in [2.45, 2.75) is 34.1 Å². The number of carbonyl (C=O) groups excluding carboxylic acids is 1. The second-order valence-corrected chi connectivity index (χ2v) is 8.93. The number of carbonyl (C=O) groups is 1. The van der Waals surface area contributed by atoms with Crippen molar-refractivity contribution in [3.8, 4) is 28.3 Å². The monoisotopic (exact) mass is 468 g/mol. The Morgan fingerprint density at radius 1 is 1.00 bits per heavy atom. The van der Waals surface area contributed by atoms with Crippen molar-refractivity contribution in [3.05, 3.63) is 66.4 Å². The highest BCUT2D eigenvalue weighted by Gasteiger charge is 2.32. The number of rotatable bonds is 4. The second-order valence-electron chi connectivity index (χ2n) is 8.93. The quantitative estimate of drug-likeness (QED) is 0.384. The number of para-hydroxylation sites is 1. The van der Waals surface area contributed by atoms with Crippen LogP contribution in [0.2, 0.25) is 0 Å². The summed E-state index contributed by atoms with van der Waals surface area (Å²) in [5.74, 6) is -0.436. The van der Waals surface area contributed by atoms with Crippen LogP contribution in [0.25, 0.3) is 28.2 Å². The maximum Gasteiger partial charge on any atom is 0.573 e. The highest BCUT2D eigenvalue weighted by atomic mass is 19.4. The minimum absolute atomic E-state index is 0.103. The molecule has 0 unspecified atom stereocenters. The lowest BCUT2D eigenvalue weighted by Crippen LogP contribution is -2.27. The Morgan fingerprint density at radius 3 is 2.44 bits per heavy atom. The van der Waals surface area contributed by atoms with Crippen LogP contribution in [-0.2, 0) is 4.79 Å². The van der Waals surface area contributed by atoms with Crippen molar-refractivity contribution >= 4 is 17.2 Å². The fourth-order valence-corrected chi connectivity index (χ4v) is 3.28. The number of imidazole rings is 1. The first-order valence-electron chi connectivity index (χ1n) is 10.5. The summed E-state index contributed by atoms with van der Waals surface area (Å²) in [4.78, 5) is 17.0. The molecule has 176 valence electrons. The molecule has 0 spiro atoms. The van der Waals surface area contributed by atoms with Gasteiger partial charge in [-0.05, 0) is 42.8 Å². The summed E-state index contributed by atoms with van der Waals surface area (Å²) < 4.78 is 44.1. The van der Waals surface area contributed by atoms with E-state index in [0.29, 0.717) is 22.7 Å². The van der Waals surface area contributed by atoms with E-state index < -0.39 is 11.8 Å². The molecule has 2 aromatic heterocycles. The maximum absolute atomic E-state index is 12.8. The summed E-state index contributed by atoms with van der Waals surface area (Å²) in [6, 6.07) is 14.7. The first kappa shape index (κ1) is 23.3. The molecule has 0 aliphatic heterocycles. The largest absolute Gasteiger partial charge is 0.573 e. The first-order valence-corrected chi connectivity index (χ1v) is 10.5. The molecule has 9 heteroatoms. The number of aryl methyl sites for hydroxylation is 1. The van der Waals surface area contributed by atoms with E-state index in [2.05, 4.69) is 20.1 Å². The van der Waals surface area contributed by atoms with E-state index in [1.807, 2.05) is 45.9 Å². The van der Waals surface area contributed by atoms with Gasteiger partial charge in [0.05, 0.1) is 17.6 Å². The SMILES string of the molecule is Cc1ccc(-c2cn3nc(-c4ccccc4OC(F)(F)F)ccc3n2)cc1NC(=O)C(C)(C)C.